The second kappa shape index (κ2) is 28.5. The summed E-state index contributed by atoms with van der Waals surface area (Å²) in [6.45, 7) is 17.2. The van der Waals surface area contributed by atoms with Crippen LogP contribution in [0.1, 0.15) is 79.7 Å². The van der Waals surface area contributed by atoms with E-state index in [2.05, 4.69) is 43.0 Å². The van der Waals surface area contributed by atoms with Gasteiger partial charge in [-0.25, -0.2) is 0 Å². The van der Waals surface area contributed by atoms with E-state index in [0.29, 0.717) is 31.0 Å². The highest BCUT2D eigenvalue weighted by Crippen LogP contribution is 2.20. The number of Topliss-reactive ketones (excluding diaryl/α,β-unsaturated/α-hetero) is 1. The van der Waals surface area contributed by atoms with Crippen molar-refractivity contribution >= 4 is 18.7 Å². The molecule has 1 rings (SSSR count). The summed E-state index contributed by atoms with van der Waals surface area (Å²) >= 11 is 0. The van der Waals surface area contributed by atoms with Crippen LogP contribution in [0.15, 0.2) is 59.7 Å². The fourth-order valence-corrected chi connectivity index (χ4v) is 2.81. The van der Waals surface area contributed by atoms with Gasteiger partial charge in [0.15, 0.2) is 5.78 Å². The lowest BCUT2D eigenvalue weighted by atomic mass is 10.0. The van der Waals surface area contributed by atoms with Gasteiger partial charge in [-0.2, -0.15) is 0 Å². The van der Waals surface area contributed by atoms with E-state index in [1.807, 2.05) is 52.2 Å². The van der Waals surface area contributed by atoms with Crippen molar-refractivity contribution in [2.75, 3.05) is 20.8 Å². The van der Waals surface area contributed by atoms with E-state index >= 15 is 0 Å². The molecule has 0 aliphatic carbocycles. The maximum absolute atomic E-state index is 11.5. The highest BCUT2D eigenvalue weighted by Gasteiger charge is 2.13. The van der Waals surface area contributed by atoms with Crippen molar-refractivity contribution in [3.8, 4) is 5.75 Å². The fraction of sp³-hybridized carbons (Fsp3) is 0.531. The lowest BCUT2D eigenvalue weighted by molar-refractivity contribution is -0.126. The molecule has 1 unspecified atom stereocenters. The molecule has 8 heteroatoms. The third kappa shape index (κ3) is 23.6. The van der Waals surface area contributed by atoms with Crippen LogP contribution in [0.3, 0.4) is 0 Å². The highest BCUT2D eigenvalue weighted by atomic mass is 16.5. The van der Waals surface area contributed by atoms with Gasteiger partial charge in [-0.1, -0.05) is 59.8 Å². The van der Waals surface area contributed by atoms with Gasteiger partial charge < -0.3 is 24.6 Å². The first kappa shape index (κ1) is 40.9. The smallest absolute Gasteiger partial charge is 0.298 e. The predicted octanol–water partition coefficient (Wildman–Crippen LogP) is 7.24. The number of aliphatic hydroxyl groups is 1. The minimum atomic E-state index is -0.156. The Morgan fingerprint density at radius 3 is 2.20 bits per heavy atom. The average Bonchev–Trinajstić information content (AvgIpc) is 2.95. The van der Waals surface area contributed by atoms with Gasteiger partial charge in [0.1, 0.15) is 17.3 Å². The van der Waals surface area contributed by atoms with Crippen molar-refractivity contribution < 1.29 is 33.7 Å². The Balaban J connectivity index is -0.000000608. The molecular formula is C32H53NO7. The monoisotopic (exact) mass is 563 g/mol. The summed E-state index contributed by atoms with van der Waals surface area (Å²) < 4.78 is 14.4. The number of nitrogens with one attached hydrogen (secondary N) is 1. The van der Waals surface area contributed by atoms with Gasteiger partial charge in [-0.05, 0) is 62.9 Å². The molecule has 0 radical (unpaired) electrons. The lowest BCUT2D eigenvalue weighted by Gasteiger charge is -2.13. The standard InChI is InChI=1S/C16H25NO4.C12H18O.C2H4O2.C2H6/c1-5-14(19)13(3)15(20)10-16(21-11-18)12(2)8-6-7-9-17-4;1-10(2)7-8-13-12-6-4-5-11(3)9-12;1-4-2-3;1-2/h7,9-12,17,20H,5-6,8H2,1-4H3;4-6,9-10H,7-8H2,1-3H3;2H,1H3;1-2H3/b9-7+,15-13-,16-10-;;;. The van der Waals surface area contributed by atoms with E-state index in [4.69, 9.17) is 14.3 Å². The van der Waals surface area contributed by atoms with Gasteiger partial charge in [0.2, 0.25) is 0 Å². The van der Waals surface area contributed by atoms with Crippen molar-refractivity contribution in [3.63, 3.8) is 0 Å². The molecule has 0 aliphatic rings. The van der Waals surface area contributed by atoms with Crippen molar-refractivity contribution in [1.29, 1.82) is 0 Å². The Labute approximate surface area is 242 Å². The Bertz CT molecular complexity index is 889. The maximum atomic E-state index is 11.5. The molecule has 0 spiro atoms. The normalized spacial score (nSPS) is 11.7. The molecule has 0 saturated carbocycles. The molecular weight excluding hydrogens is 510 g/mol. The van der Waals surface area contributed by atoms with Crippen LogP contribution in [-0.4, -0.2) is 44.6 Å². The SMILES string of the molecule is CC.CCC(=O)/C(C)=C(O)/C=C(\OC=O)C(C)CC/C=C/NC.COC=O.Cc1cccc(OCCC(C)C)c1. The number of methoxy groups -OCH3 is 1. The van der Waals surface area contributed by atoms with E-state index in [-0.39, 0.29) is 23.0 Å². The number of aryl methyl sites for hydroxylation is 1. The first-order valence-corrected chi connectivity index (χ1v) is 13.8. The van der Waals surface area contributed by atoms with Crippen LogP contribution in [0, 0.1) is 18.8 Å². The van der Waals surface area contributed by atoms with Gasteiger partial charge in [0.25, 0.3) is 12.9 Å². The number of hydrogen-bond acceptors (Lipinski definition) is 8. The van der Waals surface area contributed by atoms with Gasteiger partial charge in [-0.3, -0.25) is 14.4 Å². The summed E-state index contributed by atoms with van der Waals surface area (Å²) in [6, 6.07) is 8.18. The van der Waals surface area contributed by atoms with Crippen LogP contribution >= 0.6 is 0 Å². The molecule has 1 aromatic carbocycles. The number of aliphatic hydroxyl groups excluding tert-OH is 1. The zero-order valence-corrected chi connectivity index (χ0v) is 26.3. The molecule has 8 nitrogen and oxygen atoms in total. The summed E-state index contributed by atoms with van der Waals surface area (Å²) in [7, 11) is 3.13. The molecule has 40 heavy (non-hydrogen) atoms. The molecule has 0 aliphatic heterocycles. The third-order valence-electron chi connectivity index (χ3n) is 5.17. The molecule has 0 heterocycles. The molecule has 0 saturated heterocycles. The summed E-state index contributed by atoms with van der Waals surface area (Å²) in [5.41, 5.74) is 1.52. The van der Waals surface area contributed by atoms with Crippen LogP contribution in [0.25, 0.3) is 0 Å². The molecule has 2 N–H and O–H groups in total. The van der Waals surface area contributed by atoms with E-state index < -0.39 is 0 Å². The number of carbonyl (C=O) groups is 3. The molecule has 228 valence electrons. The molecule has 0 aromatic heterocycles. The van der Waals surface area contributed by atoms with Crippen LogP contribution < -0.4 is 10.1 Å². The number of carbonyl (C=O) groups excluding carboxylic acids is 3. The van der Waals surface area contributed by atoms with Gasteiger partial charge in [-0.15, -0.1) is 0 Å². The van der Waals surface area contributed by atoms with Crippen molar-refractivity contribution in [2.24, 2.45) is 11.8 Å². The zero-order valence-electron chi connectivity index (χ0n) is 26.3. The number of ether oxygens (including phenoxy) is 3. The van der Waals surface area contributed by atoms with Gasteiger partial charge in [0, 0.05) is 31.0 Å². The summed E-state index contributed by atoms with van der Waals surface area (Å²) in [5.74, 6) is 1.70. The first-order chi connectivity index (χ1) is 19.1. The molecule has 0 bridgehead atoms. The summed E-state index contributed by atoms with van der Waals surface area (Å²) in [6.07, 6.45) is 8.15. The largest absolute Gasteiger partial charge is 0.507 e. The highest BCUT2D eigenvalue weighted by molar-refractivity contribution is 5.95. The second-order valence-electron chi connectivity index (χ2n) is 8.90. The molecule has 1 aromatic rings. The molecule has 1 atom stereocenters. The van der Waals surface area contributed by atoms with E-state index in [0.717, 1.165) is 31.6 Å². The number of ketones is 1. The number of hydrogen-bond donors (Lipinski definition) is 2. The summed E-state index contributed by atoms with van der Waals surface area (Å²) in [4.78, 5) is 31.1. The van der Waals surface area contributed by atoms with Gasteiger partial charge >= 0.3 is 0 Å². The van der Waals surface area contributed by atoms with Crippen LogP contribution in [0.2, 0.25) is 0 Å². The van der Waals surface area contributed by atoms with Crippen LogP contribution in [0.4, 0.5) is 0 Å². The maximum Gasteiger partial charge on any atom is 0.298 e. The van der Waals surface area contributed by atoms with Crippen LogP contribution in [0.5, 0.6) is 5.75 Å². The van der Waals surface area contributed by atoms with Crippen molar-refractivity contribution in [1.82, 2.24) is 5.32 Å². The quantitative estimate of drug-likeness (QED) is 0.0994. The minimum Gasteiger partial charge on any atom is -0.507 e. The second-order valence-corrected chi connectivity index (χ2v) is 8.90. The average molecular weight is 564 g/mol. The Hall–Kier alpha value is -3.55. The first-order valence-electron chi connectivity index (χ1n) is 13.8. The van der Waals surface area contributed by atoms with Crippen molar-refractivity contribution in [2.45, 2.75) is 81.1 Å². The van der Waals surface area contributed by atoms with Crippen LogP contribution in [-0.2, 0) is 23.9 Å². The van der Waals surface area contributed by atoms with E-state index in [9.17, 15) is 14.7 Å². The fourth-order valence-electron chi connectivity index (χ4n) is 2.81. The Kier molecular flexibility index (Phi) is 29.1. The van der Waals surface area contributed by atoms with Crippen molar-refractivity contribution in [3.05, 3.63) is 65.3 Å². The number of rotatable bonds is 15. The van der Waals surface area contributed by atoms with Gasteiger partial charge in [0.05, 0.1) is 13.7 Å². The molecule has 0 amide bonds. The lowest BCUT2D eigenvalue weighted by Crippen LogP contribution is -2.06. The topological polar surface area (TPSA) is 111 Å². The number of benzene rings is 1. The molecule has 0 fully saturated rings. The van der Waals surface area contributed by atoms with E-state index in [1.54, 1.807) is 13.8 Å². The number of allylic oxidation sites excluding steroid dienone is 4. The van der Waals surface area contributed by atoms with E-state index in [1.165, 1.54) is 18.7 Å². The minimum absolute atomic E-state index is 0.0524. The zero-order chi connectivity index (χ0) is 31.3. The summed E-state index contributed by atoms with van der Waals surface area (Å²) in [5, 5.41) is 12.8. The Morgan fingerprint density at radius 2 is 1.73 bits per heavy atom. The Morgan fingerprint density at radius 1 is 1.10 bits per heavy atom. The third-order valence-corrected chi connectivity index (χ3v) is 5.17. The predicted molar refractivity (Wildman–Crippen MR) is 163 cm³/mol.